The van der Waals surface area contributed by atoms with Gasteiger partial charge in [-0.1, -0.05) is 47.5 Å². The Morgan fingerprint density at radius 2 is 1.96 bits per heavy atom. The number of nitrogens with zero attached hydrogens (tertiary/aromatic N) is 4. The Labute approximate surface area is 143 Å². The van der Waals surface area contributed by atoms with Gasteiger partial charge in [-0.3, -0.25) is 0 Å². The molecular formula is C16H14Cl2N4O. The normalized spacial score (nSPS) is 10.7. The zero-order valence-electron chi connectivity index (χ0n) is 12.4. The van der Waals surface area contributed by atoms with E-state index in [0.717, 1.165) is 11.1 Å². The summed E-state index contributed by atoms with van der Waals surface area (Å²) < 4.78 is 5.62. The lowest BCUT2D eigenvalue weighted by Gasteiger charge is -2.07. The maximum absolute atomic E-state index is 6.05. The van der Waals surface area contributed by atoms with Gasteiger partial charge in [-0.25, -0.2) is 0 Å². The summed E-state index contributed by atoms with van der Waals surface area (Å²) in [6.45, 7) is 2.87. The summed E-state index contributed by atoms with van der Waals surface area (Å²) in [7, 11) is 0. The molecule has 5 nitrogen and oxygen atoms in total. The highest BCUT2D eigenvalue weighted by Gasteiger charge is 2.08. The fourth-order valence-electron chi connectivity index (χ4n) is 2.10. The monoisotopic (exact) mass is 348 g/mol. The van der Waals surface area contributed by atoms with E-state index in [1.807, 2.05) is 31.2 Å². The maximum atomic E-state index is 6.05. The first-order valence-electron chi connectivity index (χ1n) is 7.05. The van der Waals surface area contributed by atoms with Crippen LogP contribution >= 0.6 is 23.2 Å². The molecule has 0 N–H and O–H groups in total. The first-order valence-corrected chi connectivity index (χ1v) is 7.81. The molecule has 0 saturated heterocycles. The molecule has 7 heteroatoms. The maximum Gasteiger partial charge on any atom is 0.205 e. The van der Waals surface area contributed by atoms with E-state index in [2.05, 4.69) is 15.4 Å². The topological polar surface area (TPSA) is 52.8 Å². The van der Waals surface area contributed by atoms with Crippen molar-refractivity contribution in [3.05, 3.63) is 58.1 Å². The first-order chi connectivity index (χ1) is 11.1. The van der Waals surface area contributed by atoms with Crippen molar-refractivity contribution < 1.29 is 4.74 Å². The number of rotatable bonds is 5. The fraction of sp³-hybridized carbons (Fsp3) is 0.188. The van der Waals surface area contributed by atoms with E-state index >= 15 is 0 Å². The Kier molecular flexibility index (Phi) is 4.79. The van der Waals surface area contributed by atoms with Gasteiger partial charge in [0.05, 0.1) is 11.6 Å². The molecule has 2 aromatic carbocycles. The van der Waals surface area contributed by atoms with Crippen molar-refractivity contribution >= 4 is 23.2 Å². The molecule has 118 valence electrons. The molecule has 1 heterocycles. The number of benzene rings is 2. The number of ether oxygens (including phenoxy) is 1. The van der Waals surface area contributed by atoms with Gasteiger partial charge in [-0.05, 0) is 35.9 Å². The van der Waals surface area contributed by atoms with Crippen LogP contribution in [0.25, 0.3) is 11.4 Å². The van der Waals surface area contributed by atoms with Crippen LogP contribution in [0, 0.1) is 6.92 Å². The van der Waals surface area contributed by atoms with Gasteiger partial charge in [-0.2, -0.15) is 4.80 Å². The zero-order valence-corrected chi connectivity index (χ0v) is 13.9. The first kappa shape index (κ1) is 15.8. The minimum absolute atomic E-state index is 0.380. The van der Waals surface area contributed by atoms with E-state index in [1.54, 1.807) is 18.2 Å². The lowest BCUT2D eigenvalue weighted by atomic mass is 10.1. The summed E-state index contributed by atoms with van der Waals surface area (Å²) >= 11 is 11.9. The zero-order chi connectivity index (χ0) is 16.2. The summed E-state index contributed by atoms with van der Waals surface area (Å²) in [5.74, 6) is 1.18. The second-order valence-electron chi connectivity index (χ2n) is 4.95. The minimum atomic E-state index is 0.380. The SMILES string of the molecule is Cc1ccccc1-c1nnn(CCOc2ccc(Cl)cc2Cl)n1. The number of tetrazole rings is 1. The Morgan fingerprint density at radius 3 is 2.74 bits per heavy atom. The second kappa shape index (κ2) is 6.98. The van der Waals surface area contributed by atoms with Crippen LogP contribution < -0.4 is 4.74 Å². The Hall–Kier alpha value is -2.11. The quantitative estimate of drug-likeness (QED) is 0.698. The molecule has 23 heavy (non-hydrogen) atoms. The Bertz CT molecular complexity index is 819. The molecule has 0 amide bonds. The van der Waals surface area contributed by atoms with Gasteiger partial charge in [0.1, 0.15) is 12.4 Å². The van der Waals surface area contributed by atoms with Crippen LogP contribution in [0.2, 0.25) is 10.0 Å². The molecule has 0 aliphatic heterocycles. The van der Waals surface area contributed by atoms with Crippen molar-refractivity contribution in [1.82, 2.24) is 20.2 Å². The molecule has 0 aliphatic carbocycles. The van der Waals surface area contributed by atoms with Crippen LogP contribution in [0.4, 0.5) is 0 Å². The van der Waals surface area contributed by atoms with E-state index in [4.69, 9.17) is 27.9 Å². The highest BCUT2D eigenvalue weighted by Crippen LogP contribution is 2.27. The third kappa shape index (κ3) is 3.81. The van der Waals surface area contributed by atoms with E-state index in [1.165, 1.54) is 4.80 Å². The summed E-state index contributed by atoms with van der Waals surface area (Å²) in [6.07, 6.45) is 0. The molecule has 0 saturated carbocycles. The summed E-state index contributed by atoms with van der Waals surface area (Å²) in [4.78, 5) is 1.51. The number of hydrogen-bond acceptors (Lipinski definition) is 4. The van der Waals surface area contributed by atoms with Crippen LogP contribution in [-0.2, 0) is 6.54 Å². The molecule has 0 atom stereocenters. The van der Waals surface area contributed by atoms with Crippen LogP contribution in [0.1, 0.15) is 5.56 Å². The van der Waals surface area contributed by atoms with Gasteiger partial charge in [0, 0.05) is 10.6 Å². The van der Waals surface area contributed by atoms with Crippen LogP contribution in [0.5, 0.6) is 5.75 Å². The molecule has 3 rings (SSSR count). The molecule has 0 unspecified atom stereocenters. The van der Waals surface area contributed by atoms with Crippen molar-refractivity contribution in [1.29, 1.82) is 0 Å². The summed E-state index contributed by atoms with van der Waals surface area (Å²) in [5, 5.41) is 13.5. The molecule has 0 aliphatic rings. The van der Waals surface area contributed by atoms with E-state index in [9.17, 15) is 0 Å². The van der Waals surface area contributed by atoms with Gasteiger partial charge in [0.25, 0.3) is 0 Å². The fourth-order valence-corrected chi connectivity index (χ4v) is 2.56. The van der Waals surface area contributed by atoms with Crippen molar-refractivity contribution in [2.75, 3.05) is 6.61 Å². The third-order valence-corrected chi connectivity index (χ3v) is 3.81. The Balaban J connectivity index is 1.63. The van der Waals surface area contributed by atoms with E-state index in [-0.39, 0.29) is 0 Å². The largest absolute Gasteiger partial charge is 0.490 e. The van der Waals surface area contributed by atoms with Gasteiger partial charge < -0.3 is 4.74 Å². The smallest absolute Gasteiger partial charge is 0.205 e. The molecule has 1 aromatic heterocycles. The highest BCUT2D eigenvalue weighted by atomic mass is 35.5. The second-order valence-corrected chi connectivity index (χ2v) is 5.79. The number of aromatic nitrogens is 4. The molecule has 0 fully saturated rings. The molecule has 0 bridgehead atoms. The molecule has 3 aromatic rings. The van der Waals surface area contributed by atoms with Crippen molar-refractivity contribution in [2.45, 2.75) is 13.5 Å². The average molecular weight is 349 g/mol. The minimum Gasteiger partial charge on any atom is -0.490 e. The summed E-state index contributed by atoms with van der Waals surface area (Å²) in [6, 6.07) is 13.0. The van der Waals surface area contributed by atoms with Gasteiger partial charge >= 0.3 is 0 Å². The third-order valence-electron chi connectivity index (χ3n) is 3.28. The van der Waals surface area contributed by atoms with Crippen molar-refractivity contribution in [2.24, 2.45) is 0 Å². The Morgan fingerprint density at radius 1 is 1.13 bits per heavy atom. The lowest BCUT2D eigenvalue weighted by Crippen LogP contribution is -2.11. The standard InChI is InChI=1S/C16H14Cl2N4O/c1-11-4-2-3-5-13(11)16-19-21-22(20-16)8-9-23-15-7-6-12(17)10-14(15)18/h2-7,10H,8-9H2,1H3. The number of halogens is 2. The van der Waals surface area contributed by atoms with Gasteiger partial charge in [-0.15, -0.1) is 10.2 Å². The van der Waals surface area contributed by atoms with Crippen molar-refractivity contribution in [3.8, 4) is 17.1 Å². The predicted molar refractivity (Wildman–Crippen MR) is 89.9 cm³/mol. The summed E-state index contributed by atoms with van der Waals surface area (Å²) in [5.41, 5.74) is 2.08. The van der Waals surface area contributed by atoms with Gasteiger partial charge in [0.2, 0.25) is 5.82 Å². The highest BCUT2D eigenvalue weighted by molar-refractivity contribution is 6.35. The van der Waals surface area contributed by atoms with E-state index in [0.29, 0.717) is 34.8 Å². The molecular weight excluding hydrogens is 335 g/mol. The van der Waals surface area contributed by atoms with Crippen LogP contribution in [0.15, 0.2) is 42.5 Å². The number of aryl methyl sites for hydroxylation is 1. The molecule has 0 radical (unpaired) electrons. The van der Waals surface area contributed by atoms with Crippen molar-refractivity contribution in [3.63, 3.8) is 0 Å². The average Bonchev–Trinajstić information content (AvgIpc) is 2.98. The van der Waals surface area contributed by atoms with Crippen LogP contribution in [-0.4, -0.2) is 26.8 Å². The molecule has 0 spiro atoms. The van der Waals surface area contributed by atoms with Gasteiger partial charge in [0.15, 0.2) is 0 Å². The number of hydrogen-bond donors (Lipinski definition) is 0. The lowest BCUT2D eigenvalue weighted by molar-refractivity contribution is 0.280. The predicted octanol–water partition coefficient (Wildman–Crippen LogP) is 4.03. The van der Waals surface area contributed by atoms with E-state index < -0.39 is 0 Å². The van der Waals surface area contributed by atoms with Crippen LogP contribution in [0.3, 0.4) is 0 Å².